The lowest BCUT2D eigenvalue weighted by Crippen LogP contribution is -2.29. The molecule has 1 rings (SSSR count). The fourth-order valence-electron chi connectivity index (χ4n) is 1.56. The number of methoxy groups -OCH3 is 1. The van der Waals surface area contributed by atoms with Crippen molar-refractivity contribution in [1.82, 2.24) is 5.32 Å². The summed E-state index contributed by atoms with van der Waals surface area (Å²) >= 11 is 0. The van der Waals surface area contributed by atoms with Gasteiger partial charge in [-0.15, -0.1) is 0 Å². The third kappa shape index (κ3) is 5.57. The quantitative estimate of drug-likeness (QED) is 0.761. The van der Waals surface area contributed by atoms with Gasteiger partial charge in [0, 0.05) is 12.2 Å². The van der Waals surface area contributed by atoms with Crippen LogP contribution in [-0.4, -0.2) is 19.7 Å². The van der Waals surface area contributed by atoms with Crippen LogP contribution in [0, 0.1) is 5.92 Å². The summed E-state index contributed by atoms with van der Waals surface area (Å²) in [6.45, 7) is 5.06. The third-order valence-corrected chi connectivity index (χ3v) is 2.59. The first kappa shape index (κ1) is 14.4. The molecule has 0 heterocycles. The zero-order chi connectivity index (χ0) is 13.4. The van der Waals surface area contributed by atoms with E-state index in [1.807, 2.05) is 24.3 Å². The van der Waals surface area contributed by atoms with Crippen molar-refractivity contribution >= 4 is 11.7 Å². The molecule has 1 aromatic rings. The number of ether oxygens (including phenoxy) is 1. The second kappa shape index (κ2) is 7.58. The molecule has 4 heteroatoms. The molecule has 0 unspecified atom stereocenters. The molecule has 0 fully saturated rings. The Bertz CT molecular complexity index is 361. The average molecular weight is 250 g/mol. The second-order valence-corrected chi connectivity index (χ2v) is 4.65. The Balaban J connectivity index is 2.26. The summed E-state index contributed by atoms with van der Waals surface area (Å²) in [5.74, 6) is 1.45. The first-order valence-electron chi connectivity index (χ1n) is 6.30. The van der Waals surface area contributed by atoms with E-state index in [0.717, 1.165) is 24.3 Å². The van der Waals surface area contributed by atoms with E-state index in [1.165, 1.54) is 0 Å². The SMILES string of the molecule is COc1ccc(NC(=O)NCCCC(C)C)cc1. The van der Waals surface area contributed by atoms with Crippen molar-refractivity contribution in [3.05, 3.63) is 24.3 Å². The summed E-state index contributed by atoms with van der Waals surface area (Å²) in [6, 6.07) is 7.09. The number of anilines is 1. The smallest absolute Gasteiger partial charge is 0.319 e. The van der Waals surface area contributed by atoms with Gasteiger partial charge >= 0.3 is 6.03 Å². The minimum Gasteiger partial charge on any atom is -0.497 e. The predicted octanol–water partition coefficient (Wildman–Crippen LogP) is 3.25. The molecule has 0 bridgehead atoms. The highest BCUT2D eigenvalue weighted by molar-refractivity contribution is 5.89. The van der Waals surface area contributed by atoms with Crippen LogP contribution >= 0.6 is 0 Å². The molecule has 100 valence electrons. The lowest BCUT2D eigenvalue weighted by Gasteiger charge is -2.09. The van der Waals surface area contributed by atoms with Crippen LogP contribution in [0.1, 0.15) is 26.7 Å². The third-order valence-electron chi connectivity index (χ3n) is 2.59. The monoisotopic (exact) mass is 250 g/mol. The van der Waals surface area contributed by atoms with Gasteiger partial charge in [-0.1, -0.05) is 13.8 Å². The van der Waals surface area contributed by atoms with Crippen molar-refractivity contribution in [2.24, 2.45) is 5.92 Å². The number of amides is 2. The second-order valence-electron chi connectivity index (χ2n) is 4.65. The van der Waals surface area contributed by atoms with Gasteiger partial charge in [0.05, 0.1) is 7.11 Å². The zero-order valence-electron chi connectivity index (χ0n) is 11.3. The molecule has 0 aliphatic heterocycles. The van der Waals surface area contributed by atoms with Crippen LogP contribution in [0.5, 0.6) is 5.75 Å². The molecule has 0 saturated heterocycles. The summed E-state index contributed by atoms with van der Waals surface area (Å²) in [6.07, 6.45) is 2.14. The van der Waals surface area contributed by atoms with E-state index in [1.54, 1.807) is 7.11 Å². The highest BCUT2D eigenvalue weighted by Crippen LogP contribution is 2.14. The van der Waals surface area contributed by atoms with E-state index in [2.05, 4.69) is 24.5 Å². The van der Waals surface area contributed by atoms with Crippen molar-refractivity contribution < 1.29 is 9.53 Å². The summed E-state index contributed by atoms with van der Waals surface area (Å²) in [7, 11) is 1.61. The number of carbonyl (C=O) groups is 1. The van der Waals surface area contributed by atoms with E-state index < -0.39 is 0 Å². The highest BCUT2D eigenvalue weighted by atomic mass is 16.5. The number of carbonyl (C=O) groups excluding carboxylic acids is 1. The van der Waals surface area contributed by atoms with Gasteiger partial charge in [0.1, 0.15) is 5.75 Å². The zero-order valence-corrected chi connectivity index (χ0v) is 11.3. The lowest BCUT2D eigenvalue weighted by atomic mass is 10.1. The molecule has 18 heavy (non-hydrogen) atoms. The van der Waals surface area contributed by atoms with Crippen molar-refractivity contribution in [2.75, 3.05) is 19.0 Å². The highest BCUT2D eigenvalue weighted by Gasteiger charge is 2.01. The average Bonchev–Trinajstić information content (AvgIpc) is 2.35. The molecule has 0 aliphatic rings. The molecule has 4 nitrogen and oxygen atoms in total. The van der Waals surface area contributed by atoms with Gasteiger partial charge < -0.3 is 15.4 Å². The topological polar surface area (TPSA) is 50.4 Å². The molecule has 0 spiro atoms. The maximum atomic E-state index is 11.6. The largest absolute Gasteiger partial charge is 0.497 e. The van der Waals surface area contributed by atoms with Gasteiger partial charge in [-0.05, 0) is 43.0 Å². The number of nitrogens with one attached hydrogen (secondary N) is 2. The van der Waals surface area contributed by atoms with E-state index in [0.29, 0.717) is 12.5 Å². The normalized spacial score (nSPS) is 10.2. The maximum absolute atomic E-state index is 11.6. The van der Waals surface area contributed by atoms with Crippen LogP contribution < -0.4 is 15.4 Å². The molecular formula is C14H22N2O2. The summed E-state index contributed by atoms with van der Waals surface area (Å²) in [5.41, 5.74) is 0.761. The van der Waals surface area contributed by atoms with Gasteiger partial charge in [-0.2, -0.15) is 0 Å². The maximum Gasteiger partial charge on any atom is 0.319 e. The Morgan fingerprint density at radius 3 is 2.50 bits per heavy atom. The van der Waals surface area contributed by atoms with Crippen LogP contribution in [0.15, 0.2) is 24.3 Å². The Kier molecular flexibility index (Phi) is 6.05. The van der Waals surface area contributed by atoms with Crippen molar-refractivity contribution in [3.63, 3.8) is 0 Å². The molecule has 0 aliphatic carbocycles. The first-order chi connectivity index (χ1) is 8.61. The van der Waals surface area contributed by atoms with E-state index in [-0.39, 0.29) is 6.03 Å². The Morgan fingerprint density at radius 2 is 1.94 bits per heavy atom. The van der Waals surface area contributed by atoms with Gasteiger partial charge in [-0.25, -0.2) is 4.79 Å². The van der Waals surface area contributed by atoms with Gasteiger partial charge in [-0.3, -0.25) is 0 Å². The lowest BCUT2D eigenvalue weighted by molar-refractivity contribution is 0.251. The Morgan fingerprint density at radius 1 is 1.28 bits per heavy atom. The number of hydrogen-bond acceptors (Lipinski definition) is 2. The van der Waals surface area contributed by atoms with Gasteiger partial charge in [0.2, 0.25) is 0 Å². The fraction of sp³-hybridized carbons (Fsp3) is 0.500. The van der Waals surface area contributed by atoms with Crippen LogP contribution in [0.25, 0.3) is 0 Å². The molecule has 0 atom stereocenters. The Hall–Kier alpha value is -1.71. The van der Waals surface area contributed by atoms with Crippen LogP contribution in [-0.2, 0) is 0 Å². The van der Waals surface area contributed by atoms with E-state index in [4.69, 9.17) is 4.74 Å². The van der Waals surface area contributed by atoms with Crippen LogP contribution in [0.3, 0.4) is 0 Å². The van der Waals surface area contributed by atoms with Gasteiger partial charge in [0.25, 0.3) is 0 Å². The number of hydrogen-bond donors (Lipinski definition) is 2. The Labute approximate surface area is 109 Å². The number of rotatable bonds is 6. The number of benzene rings is 1. The summed E-state index contributed by atoms with van der Waals surface area (Å²) in [4.78, 5) is 11.6. The predicted molar refractivity (Wildman–Crippen MR) is 74.1 cm³/mol. The van der Waals surface area contributed by atoms with E-state index in [9.17, 15) is 4.79 Å². The minimum absolute atomic E-state index is 0.163. The molecule has 1 aromatic carbocycles. The number of urea groups is 1. The van der Waals surface area contributed by atoms with Crippen molar-refractivity contribution in [1.29, 1.82) is 0 Å². The molecule has 0 saturated carbocycles. The fourth-order valence-corrected chi connectivity index (χ4v) is 1.56. The standard InChI is InChI=1S/C14H22N2O2/c1-11(2)5-4-10-15-14(17)16-12-6-8-13(18-3)9-7-12/h6-9,11H,4-5,10H2,1-3H3,(H2,15,16,17). The van der Waals surface area contributed by atoms with Crippen molar-refractivity contribution in [2.45, 2.75) is 26.7 Å². The van der Waals surface area contributed by atoms with E-state index >= 15 is 0 Å². The molecule has 2 N–H and O–H groups in total. The minimum atomic E-state index is -0.163. The summed E-state index contributed by atoms with van der Waals surface area (Å²) in [5, 5.41) is 5.61. The molecule has 2 amide bonds. The molecule has 0 aromatic heterocycles. The summed E-state index contributed by atoms with van der Waals surface area (Å²) < 4.78 is 5.05. The van der Waals surface area contributed by atoms with Gasteiger partial charge in [0.15, 0.2) is 0 Å². The van der Waals surface area contributed by atoms with Crippen LogP contribution in [0.4, 0.5) is 10.5 Å². The first-order valence-corrected chi connectivity index (χ1v) is 6.30. The molecular weight excluding hydrogens is 228 g/mol. The van der Waals surface area contributed by atoms with Crippen LogP contribution in [0.2, 0.25) is 0 Å². The van der Waals surface area contributed by atoms with Crippen molar-refractivity contribution in [3.8, 4) is 5.75 Å². The molecule has 0 radical (unpaired) electrons.